The lowest BCUT2D eigenvalue weighted by Crippen LogP contribution is -2.36. The highest BCUT2D eigenvalue weighted by Crippen LogP contribution is 2.39. The third-order valence-electron chi connectivity index (χ3n) is 5.26. The molecule has 1 aromatic carbocycles. The van der Waals surface area contributed by atoms with Gasteiger partial charge in [0.2, 0.25) is 0 Å². The van der Waals surface area contributed by atoms with Crippen molar-refractivity contribution in [2.24, 2.45) is 4.99 Å². The second-order valence-electron chi connectivity index (χ2n) is 7.05. The van der Waals surface area contributed by atoms with Crippen LogP contribution in [0.1, 0.15) is 5.56 Å². The van der Waals surface area contributed by atoms with Crippen molar-refractivity contribution in [1.29, 1.82) is 0 Å². The second-order valence-corrected chi connectivity index (χ2v) is 7.05. The molecule has 0 bridgehead atoms. The topological polar surface area (TPSA) is 53.9 Å². The number of aromatic nitrogens is 2. The highest BCUT2D eigenvalue weighted by atomic mass is 19.1. The minimum absolute atomic E-state index is 0.146. The van der Waals surface area contributed by atoms with E-state index in [9.17, 15) is 8.78 Å². The molecule has 30 heavy (non-hydrogen) atoms. The van der Waals surface area contributed by atoms with Gasteiger partial charge in [0.05, 0.1) is 36.3 Å². The van der Waals surface area contributed by atoms with Crippen LogP contribution in [0, 0.1) is 11.6 Å². The largest absolute Gasteiger partial charge is 0.378 e. The molecule has 0 aliphatic carbocycles. The first-order valence-corrected chi connectivity index (χ1v) is 9.72. The Morgan fingerprint density at radius 3 is 2.47 bits per heavy atom. The highest BCUT2D eigenvalue weighted by Gasteiger charge is 2.25. The second kappa shape index (κ2) is 7.79. The summed E-state index contributed by atoms with van der Waals surface area (Å²) in [5.41, 5.74) is 2.22. The quantitative estimate of drug-likeness (QED) is 0.661. The molecule has 0 amide bonds. The molecular formula is C22H19F2N5O. The van der Waals surface area contributed by atoms with Crippen molar-refractivity contribution in [3.8, 4) is 11.3 Å². The van der Waals surface area contributed by atoms with Crippen LogP contribution in [0.4, 0.5) is 26.0 Å². The lowest BCUT2D eigenvalue weighted by molar-refractivity contribution is 0.122. The lowest BCUT2D eigenvalue weighted by atomic mass is 10.0. The summed E-state index contributed by atoms with van der Waals surface area (Å²) in [5.74, 6) is -0.437. The van der Waals surface area contributed by atoms with E-state index in [1.165, 1.54) is 24.4 Å². The first-order chi connectivity index (χ1) is 14.7. The lowest BCUT2D eigenvalue weighted by Gasteiger charge is -2.30. The fourth-order valence-electron chi connectivity index (χ4n) is 3.78. The van der Waals surface area contributed by atoms with Crippen LogP contribution in [0.25, 0.3) is 11.3 Å². The van der Waals surface area contributed by atoms with Crippen LogP contribution in [0.5, 0.6) is 0 Å². The van der Waals surface area contributed by atoms with Crippen molar-refractivity contribution in [2.75, 3.05) is 42.8 Å². The summed E-state index contributed by atoms with van der Waals surface area (Å²) in [6.45, 7) is 3.26. The third kappa shape index (κ3) is 3.29. The number of pyridine rings is 2. The monoisotopic (exact) mass is 407 g/mol. The first-order valence-electron chi connectivity index (χ1n) is 9.72. The number of ether oxygens (including phenoxy) is 1. The smallest absolute Gasteiger partial charge is 0.135 e. The van der Waals surface area contributed by atoms with Gasteiger partial charge in [-0.25, -0.2) is 13.8 Å². The van der Waals surface area contributed by atoms with Gasteiger partial charge in [-0.3, -0.25) is 9.98 Å². The molecule has 4 heterocycles. The maximum Gasteiger partial charge on any atom is 0.135 e. The van der Waals surface area contributed by atoms with Gasteiger partial charge in [-0.2, -0.15) is 0 Å². The van der Waals surface area contributed by atoms with Crippen LogP contribution in [-0.4, -0.2) is 49.2 Å². The number of anilines is 3. The van der Waals surface area contributed by atoms with Gasteiger partial charge in [-0.05, 0) is 30.3 Å². The number of nitrogens with zero attached hydrogens (tertiary/aromatic N) is 5. The molecule has 0 unspecified atom stereocenters. The summed E-state index contributed by atoms with van der Waals surface area (Å²) < 4.78 is 34.5. The Morgan fingerprint density at radius 2 is 1.73 bits per heavy atom. The molecule has 1 fully saturated rings. The molecule has 1 saturated heterocycles. The van der Waals surface area contributed by atoms with Gasteiger partial charge in [0.15, 0.2) is 0 Å². The maximum atomic E-state index is 14.5. The van der Waals surface area contributed by atoms with Crippen molar-refractivity contribution in [3.63, 3.8) is 0 Å². The van der Waals surface area contributed by atoms with Gasteiger partial charge in [-0.1, -0.05) is 6.07 Å². The van der Waals surface area contributed by atoms with Crippen molar-refractivity contribution >= 4 is 23.4 Å². The average molecular weight is 407 g/mol. The molecule has 152 valence electrons. The van der Waals surface area contributed by atoms with Gasteiger partial charge in [0.25, 0.3) is 0 Å². The number of fused-ring (bicyclic) bond motifs is 1. The molecular weight excluding hydrogens is 388 g/mol. The summed E-state index contributed by atoms with van der Waals surface area (Å²) in [4.78, 5) is 17.4. The van der Waals surface area contributed by atoms with E-state index >= 15 is 0 Å². The van der Waals surface area contributed by atoms with E-state index < -0.39 is 11.6 Å². The number of aliphatic imine (C=N–C) groups is 1. The standard InChI is InChI=1S/C22H19F2N5O/c23-17-2-1-3-18(24)20(17)21-22-15(6-7-26-21)12-25-14-29(22)16-4-5-19(27-13-16)28-8-10-30-11-9-28/h1-7,12-13H,8-11,14H2. The predicted molar refractivity (Wildman–Crippen MR) is 111 cm³/mol. The number of hydrogen-bond acceptors (Lipinski definition) is 6. The summed E-state index contributed by atoms with van der Waals surface area (Å²) >= 11 is 0. The van der Waals surface area contributed by atoms with E-state index in [2.05, 4.69) is 19.9 Å². The number of benzene rings is 1. The van der Waals surface area contributed by atoms with Gasteiger partial charge in [0, 0.05) is 31.1 Å². The fourth-order valence-corrected chi connectivity index (χ4v) is 3.78. The Morgan fingerprint density at radius 1 is 0.933 bits per heavy atom. The zero-order valence-corrected chi connectivity index (χ0v) is 16.1. The van der Waals surface area contributed by atoms with Crippen LogP contribution >= 0.6 is 0 Å². The van der Waals surface area contributed by atoms with Crippen molar-refractivity contribution in [2.45, 2.75) is 0 Å². The molecule has 0 spiro atoms. The normalized spacial score (nSPS) is 15.9. The van der Waals surface area contributed by atoms with Gasteiger partial charge in [0.1, 0.15) is 29.8 Å². The molecule has 0 radical (unpaired) electrons. The molecule has 6 nitrogen and oxygen atoms in total. The Labute approximate surface area is 172 Å². The Kier molecular flexibility index (Phi) is 4.84. The van der Waals surface area contributed by atoms with Gasteiger partial charge < -0.3 is 14.5 Å². The molecule has 2 aromatic heterocycles. The fraction of sp³-hybridized carbons (Fsp3) is 0.227. The van der Waals surface area contributed by atoms with E-state index in [1.807, 2.05) is 17.0 Å². The van der Waals surface area contributed by atoms with Crippen LogP contribution < -0.4 is 9.80 Å². The maximum absolute atomic E-state index is 14.5. The Balaban J connectivity index is 1.56. The van der Waals surface area contributed by atoms with E-state index in [-0.39, 0.29) is 11.3 Å². The van der Waals surface area contributed by atoms with Gasteiger partial charge in [-0.15, -0.1) is 0 Å². The Bertz CT molecular complexity index is 1080. The van der Waals surface area contributed by atoms with Crippen molar-refractivity contribution < 1.29 is 13.5 Å². The molecule has 8 heteroatoms. The minimum atomic E-state index is -0.654. The molecule has 2 aliphatic rings. The summed E-state index contributed by atoms with van der Waals surface area (Å²) in [6, 6.07) is 9.48. The number of halogens is 2. The molecule has 3 aromatic rings. The molecule has 5 rings (SSSR count). The Hall–Kier alpha value is -3.39. The summed E-state index contributed by atoms with van der Waals surface area (Å²) in [5, 5.41) is 0. The van der Waals surface area contributed by atoms with Crippen molar-refractivity contribution in [1.82, 2.24) is 9.97 Å². The van der Waals surface area contributed by atoms with Crippen molar-refractivity contribution in [3.05, 3.63) is 66.0 Å². The number of rotatable bonds is 3. The molecule has 0 saturated carbocycles. The summed E-state index contributed by atoms with van der Waals surface area (Å²) in [7, 11) is 0. The predicted octanol–water partition coefficient (Wildman–Crippen LogP) is 3.79. The molecule has 0 N–H and O–H groups in total. The first kappa shape index (κ1) is 18.6. The molecule has 2 aliphatic heterocycles. The zero-order valence-electron chi connectivity index (χ0n) is 16.1. The van der Waals surface area contributed by atoms with E-state index in [4.69, 9.17) is 4.74 Å². The van der Waals surface area contributed by atoms with Crippen LogP contribution in [0.2, 0.25) is 0 Å². The number of morpholine rings is 1. The van der Waals surface area contributed by atoms with E-state index in [1.54, 1.807) is 18.5 Å². The van der Waals surface area contributed by atoms with Gasteiger partial charge >= 0.3 is 0 Å². The molecule has 0 atom stereocenters. The number of hydrogen-bond donors (Lipinski definition) is 0. The van der Waals surface area contributed by atoms with Crippen LogP contribution in [0.15, 0.2) is 53.8 Å². The third-order valence-corrected chi connectivity index (χ3v) is 5.26. The highest BCUT2D eigenvalue weighted by molar-refractivity contribution is 5.97. The van der Waals surface area contributed by atoms with Crippen LogP contribution in [-0.2, 0) is 4.74 Å². The SMILES string of the molecule is Fc1cccc(F)c1-c1nccc2c1N(c1ccc(N3CCOCC3)nc1)CN=C2. The van der Waals surface area contributed by atoms with Crippen LogP contribution in [0.3, 0.4) is 0 Å². The van der Waals surface area contributed by atoms with E-state index in [0.717, 1.165) is 30.2 Å². The van der Waals surface area contributed by atoms with E-state index in [0.29, 0.717) is 25.6 Å². The minimum Gasteiger partial charge on any atom is -0.378 e. The zero-order chi connectivity index (χ0) is 20.5. The average Bonchev–Trinajstić information content (AvgIpc) is 2.79. The summed E-state index contributed by atoms with van der Waals surface area (Å²) in [6.07, 6.45) is 4.99.